The van der Waals surface area contributed by atoms with Gasteiger partial charge in [-0.1, -0.05) is 29.3 Å². The minimum absolute atomic E-state index is 0.0406. The van der Waals surface area contributed by atoms with E-state index in [1.807, 2.05) is 0 Å². The molecular formula is C13H10Cl3F2N3O. The molecule has 0 aliphatic carbocycles. The summed E-state index contributed by atoms with van der Waals surface area (Å²) in [7, 11) is 0. The smallest absolute Gasteiger partial charge is 0.387 e. The van der Waals surface area contributed by atoms with Crippen molar-refractivity contribution in [3.63, 3.8) is 0 Å². The fourth-order valence-electron chi connectivity index (χ4n) is 1.77. The third-order valence-corrected chi connectivity index (χ3v) is 3.47. The Balaban J connectivity index is 2.27. The summed E-state index contributed by atoms with van der Waals surface area (Å²) >= 11 is 17.6. The summed E-state index contributed by atoms with van der Waals surface area (Å²) < 4.78 is 29.1. The van der Waals surface area contributed by atoms with Crippen molar-refractivity contribution in [2.45, 2.75) is 19.6 Å². The standard InChI is InChI=1S/C13H10Cl3F2N3O/c1-6(8-3-2-7(14)4-9(8)15)20-11-10(22-13(17)18)5-19-12(16)21-11/h2-6,13H,1H3,(H,19,20,21)/t6-/m1/s1. The molecule has 0 aliphatic rings. The lowest BCUT2D eigenvalue weighted by molar-refractivity contribution is -0.0498. The van der Waals surface area contributed by atoms with E-state index in [0.29, 0.717) is 15.6 Å². The molecule has 0 radical (unpaired) electrons. The highest BCUT2D eigenvalue weighted by molar-refractivity contribution is 6.35. The molecule has 9 heteroatoms. The molecule has 0 fully saturated rings. The fraction of sp³-hybridized carbons (Fsp3) is 0.231. The Bertz CT molecular complexity index is 673. The summed E-state index contributed by atoms with van der Waals surface area (Å²) in [4.78, 5) is 7.47. The third-order valence-electron chi connectivity index (χ3n) is 2.72. The molecule has 1 aromatic heterocycles. The molecule has 0 unspecified atom stereocenters. The van der Waals surface area contributed by atoms with Crippen molar-refractivity contribution >= 4 is 40.6 Å². The number of hydrogen-bond acceptors (Lipinski definition) is 4. The van der Waals surface area contributed by atoms with Gasteiger partial charge in [0, 0.05) is 10.0 Å². The Morgan fingerprint density at radius 1 is 1.23 bits per heavy atom. The van der Waals surface area contributed by atoms with Gasteiger partial charge in [0.25, 0.3) is 0 Å². The van der Waals surface area contributed by atoms with E-state index in [1.165, 1.54) is 0 Å². The van der Waals surface area contributed by atoms with Gasteiger partial charge in [-0.15, -0.1) is 0 Å². The number of alkyl halides is 2. The minimum Gasteiger partial charge on any atom is -0.429 e. The number of aromatic nitrogens is 2. The number of hydrogen-bond donors (Lipinski definition) is 1. The van der Waals surface area contributed by atoms with Gasteiger partial charge in [-0.3, -0.25) is 0 Å². The Morgan fingerprint density at radius 2 is 1.95 bits per heavy atom. The molecule has 1 aromatic carbocycles. The van der Waals surface area contributed by atoms with Gasteiger partial charge in [0.15, 0.2) is 11.6 Å². The fourth-order valence-corrected chi connectivity index (χ4v) is 2.48. The maximum atomic E-state index is 12.4. The van der Waals surface area contributed by atoms with Crippen LogP contribution in [0.5, 0.6) is 5.75 Å². The van der Waals surface area contributed by atoms with Crippen LogP contribution in [0.15, 0.2) is 24.4 Å². The normalized spacial score (nSPS) is 12.3. The number of ether oxygens (including phenoxy) is 1. The summed E-state index contributed by atoms with van der Waals surface area (Å²) in [5.41, 5.74) is 0.712. The van der Waals surface area contributed by atoms with Crippen molar-refractivity contribution in [2.24, 2.45) is 0 Å². The first-order valence-electron chi connectivity index (χ1n) is 6.05. The topological polar surface area (TPSA) is 47.0 Å². The second-order valence-electron chi connectivity index (χ2n) is 4.26. The van der Waals surface area contributed by atoms with Crippen LogP contribution in [-0.4, -0.2) is 16.6 Å². The number of rotatable bonds is 5. The van der Waals surface area contributed by atoms with Gasteiger partial charge in [0.05, 0.1) is 12.2 Å². The van der Waals surface area contributed by atoms with E-state index in [2.05, 4.69) is 20.0 Å². The van der Waals surface area contributed by atoms with Gasteiger partial charge in [-0.05, 0) is 36.2 Å². The number of benzene rings is 1. The van der Waals surface area contributed by atoms with Crippen LogP contribution in [0.1, 0.15) is 18.5 Å². The lowest BCUT2D eigenvalue weighted by Crippen LogP contribution is -2.12. The van der Waals surface area contributed by atoms with E-state index < -0.39 is 6.61 Å². The molecule has 2 aromatic rings. The summed E-state index contributed by atoms with van der Waals surface area (Å²) in [6, 6.07) is 4.62. The maximum Gasteiger partial charge on any atom is 0.387 e. The molecule has 1 atom stereocenters. The van der Waals surface area contributed by atoms with E-state index in [9.17, 15) is 8.78 Å². The van der Waals surface area contributed by atoms with Crippen LogP contribution >= 0.6 is 34.8 Å². The van der Waals surface area contributed by atoms with Gasteiger partial charge in [0.1, 0.15) is 0 Å². The molecule has 0 spiro atoms. The zero-order valence-electron chi connectivity index (χ0n) is 11.2. The largest absolute Gasteiger partial charge is 0.429 e. The third kappa shape index (κ3) is 4.32. The van der Waals surface area contributed by atoms with Crippen molar-refractivity contribution in [1.29, 1.82) is 0 Å². The molecule has 0 bridgehead atoms. The predicted molar refractivity (Wildman–Crippen MR) is 82.2 cm³/mol. The van der Waals surface area contributed by atoms with Crippen LogP contribution < -0.4 is 10.1 Å². The highest BCUT2D eigenvalue weighted by atomic mass is 35.5. The SMILES string of the molecule is C[C@@H](Nc1nc(Cl)ncc1OC(F)F)c1ccc(Cl)cc1Cl. The van der Waals surface area contributed by atoms with E-state index in [1.54, 1.807) is 25.1 Å². The van der Waals surface area contributed by atoms with Crippen LogP contribution in [-0.2, 0) is 0 Å². The number of anilines is 1. The highest BCUT2D eigenvalue weighted by Crippen LogP contribution is 2.31. The van der Waals surface area contributed by atoms with Crippen molar-refractivity contribution in [1.82, 2.24) is 9.97 Å². The molecule has 0 aliphatic heterocycles. The van der Waals surface area contributed by atoms with Gasteiger partial charge in [-0.25, -0.2) is 4.98 Å². The molecule has 1 N–H and O–H groups in total. The van der Waals surface area contributed by atoms with E-state index in [-0.39, 0.29) is 22.9 Å². The Kier molecular flexibility index (Phi) is 5.61. The van der Waals surface area contributed by atoms with E-state index >= 15 is 0 Å². The first kappa shape index (κ1) is 17.0. The molecule has 0 saturated heterocycles. The monoisotopic (exact) mass is 367 g/mol. The van der Waals surface area contributed by atoms with Crippen molar-refractivity contribution in [2.75, 3.05) is 5.32 Å². The van der Waals surface area contributed by atoms with Crippen LogP contribution in [0.25, 0.3) is 0 Å². The van der Waals surface area contributed by atoms with Crippen LogP contribution in [0.2, 0.25) is 15.3 Å². The second kappa shape index (κ2) is 7.26. The van der Waals surface area contributed by atoms with Crippen LogP contribution in [0.3, 0.4) is 0 Å². The lowest BCUT2D eigenvalue weighted by Gasteiger charge is -2.18. The van der Waals surface area contributed by atoms with Crippen LogP contribution in [0.4, 0.5) is 14.6 Å². The number of nitrogens with zero attached hydrogens (tertiary/aromatic N) is 2. The van der Waals surface area contributed by atoms with Crippen LogP contribution in [0, 0.1) is 0 Å². The molecule has 0 amide bonds. The molecular weight excluding hydrogens is 359 g/mol. The quantitative estimate of drug-likeness (QED) is 0.736. The number of nitrogens with one attached hydrogen (secondary N) is 1. The zero-order valence-corrected chi connectivity index (χ0v) is 13.4. The van der Waals surface area contributed by atoms with Gasteiger partial charge >= 0.3 is 6.61 Å². The molecule has 0 saturated carbocycles. The summed E-state index contributed by atoms with van der Waals surface area (Å²) in [6.45, 7) is -1.23. The number of halogens is 5. The van der Waals surface area contributed by atoms with Crippen molar-refractivity contribution < 1.29 is 13.5 Å². The summed E-state index contributed by atoms with van der Waals surface area (Å²) in [6.07, 6.45) is 1.07. The molecule has 118 valence electrons. The van der Waals surface area contributed by atoms with Gasteiger partial charge in [0.2, 0.25) is 5.28 Å². The highest BCUT2D eigenvalue weighted by Gasteiger charge is 2.17. The zero-order chi connectivity index (χ0) is 16.3. The Morgan fingerprint density at radius 3 is 2.59 bits per heavy atom. The molecule has 22 heavy (non-hydrogen) atoms. The maximum absolute atomic E-state index is 12.4. The van der Waals surface area contributed by atoms with Gasteiger partial charge in [-0.2, -0.15) is 13.8 Å². The Labute approximate surface area is 140 Å². The first-order chi connectivity index (χ1) is 10.4. The predicted octanol–water partition coefficient (Wildman–Crippen LogP) is 5.21. The average Bonchev–Trinajstić information content (AvgIpc) is 2.41. The molecule has 1 heterocycles. The van der Waals surface area contributed by atoms with Crippen molar-refractivity contribution in [3.8, 4) is 5.75 Å². The molecule has 2 rings (SSSR count). The first-order valence-corrected chi connectivity index (χ1v) is 7.19. The lowest BCUT2D eigenvalue weighted by atomic mass is 10.1. The molecule has 4 nitrogen and oxygen atoms in total. The van der Waals surface area contributed by atoms with Crippen molar-refractivity contribution in [3.05, 3.63) is 45.3 Å². The van der Waals surface area contributed by atoms with Gasteiger partial charge < -0.3 is 10.1 Å². The summed E-state index contributed by atoms with van der Waals surface area (Å²) in [5, 5.41) is 3.74. The second-order valence-corrected chi connectivity index (χ2v) is 5.44. The van der Waals surface area contributed by atoms with E-state index in [0.717, 1.165) is 6.20 Å². The average molecular weight is 369 g/mol. The van der Waals surface area contributed by atoms with E-state index in [4.69, 9.17) is 34.8 Å². The summed E-state index contributed by atoms with van der Waals surface area (Å²) in [5.74, 6) is -0.171. The minimum atomic E-state index is -3.00. The Hall–Kier alpha value is -1.37.